The average Bonchev–Trinajstić information content (AvgIpc) is 2.76. The highest BCUT2D eigenvalue weighted by atomic mass is 15.1. The summed E-state index contributed by atoms with van der Waals surface area (Å²) in [6, 6.07) is 7.10. The molecule has 1 aromatic heterocycles. The van der Waals surface area contributed by atoms with Crippen molar-refractivity contribution in [2.24, 2.45) is 11.8 Å². The standard InChI is InChI=1S/C17H25N3/c1-12(2)13-4-3-5-15(8-6-13)19-16-9-7-14-11-18-20-17(14)10-16/h7,9-13,15,19H,3-6,8H2,1-2H3,(H,18,20). The van der Waals surface area contributed by atoms with Gasteiger partial charge in [-0.25, -0.2) is 0 Å². The minimum absolute atomic E-state index is 0.624. The first kappa shape index (κ1) is 13.5. The molecule has 3 nitrogen and oxygen atoms in total. The van der Waals surface area contributed by atoms with Gasteiger partial charge in [-0.1, -0.05) is 26.7 Å². The lowest BCUT2D eigenvalue weighted by Crippen LogP contribution is -2.18. The second kappa shape index (κ2) is 5.86. The Bertz CT molecular complexity index is 558. The van der Waals surface area contributed by atoms with Crippen molar-refractivity contribution in [3.8, 4) is 0 Å². The summed E-state index contributed by atoms with van der Waals surface area (Å²) in [5.74, 6) is 1.74. The molecule has 0 amide bonds. The number of aromatic amines is 1. The Morgan fingerprint density at radius 1 is 1.20 bits per heavy atom. The zero-order valence-corrected chi connectivity index (χ0v) is 12.5. The Labute approximate surface area is 121 Å². The number of hydrogen-bond donors (Lipinski definition) is 2. The summed E-state index contributed by atoms with van der Waals surface area (Å²) < 4.78 is 0. The van der Waals surface area contributed by atoms with E-state index in [0.29, 0.717) is 6.04 Å². The normalized spacial score (nSPS) is 23.9. The molecule has 20 heavy (non-hydrogen) atoms. The van der Waals surface area contributed by atoms with E-state index in [1.165, 1.54) is 43.2 Å². The highest BCUT2D eigenvalue weighted by Gasteiger charge is 2.20. The fourth-order valence-corrected chi connectivity index (χ4v) is 3.40. The maximum atomic E-state index is 4.08. The molecule has 0 saturated heterocycles. The van der Waals surface area contributed by atoms with Crippen LogP contribution in [0.25, 0.3) is 10.9 Å². The van der Waals surface area contributed by atoms with Crippen molar-refractivity contribution in [2.45, 2.75) is 52.0 Å². The van der Waals surface area contributed by atoms with Crippen molar-refractivity contribution in [2.75, 3.05) is 5.32 Å². The van der Waals surface area contributed by atoms with Gasteiger partial charge in [0.1, 0.15) is 0 Å². The summed E-state index contributed by atoms with van der Waals surface area (Å²) in [6.07, 6.45) is 8.58. The highest BCUT2D eigenvalue weighted by molar-refractivity contribution is 5.81. The molecule has 1 aliphatic carbocycles. The molecule has 0 radical (unpaired) electrons. The molecule has 0 bridgehead atoms. The third-order valence-electron chi connectivity index (χ3n) is 4.77. The van der Waals surface area contributed by atoms with Crippen molar-refractivity contribution >= 4 is 16.6 Å². The van der Waals surface area contributed by atoms with Crippen molar-refractivity contribution in [1.29, 1.82) is 0 Å². The lowest BCUT2D eigenvalue weighted by Gasteiger charge is -2.19. The van der Waals surface area contributed by atoms with E-state index in [9.17, 15) is 0 Å². The number of rotatable bonds is 3. The van der Waals surface area contributed by atoms with E-state index in [4.69, 9.17) is 0 Å². The number of benzene rings is 1. The SMILES string of the molecule is CC(C)C1CCCC(Nc2ccc3cn[nH]c3c2)CC1. The fraction of sp³-hybridized carbons (Fsp3) is 0.588. The van der Waals surface area contributed by atoms with E-state index in [-0.39, 0.29) is 0 Å². The maximum Gasteiger partial charge on any atom is 0.0670 e. The molecular weight excluding hydrogens is 246 g/mol. The number of nitrogens with one attached hydrogen (secondary N) is 2. The lowest BCUT2D eigenvalue weighted by molar-refractivity contribution is 0.341. The lowest BCUT2D eigenvalue weighted by atomic mass is 9.89. The van der Waals surface area contributed by atoms with Gasteiger partial charge in [0, 0.05) is 17.1 Å². The second-order valence-corrected chi connectivity index (χ2v) is 6.53. The molecular formula is C17H25N3. The fourth-order valence-electron chi connectivity index (χ4n) is 3.40. The second-order valence-electron chi connectivity index (χ2n) is 6.53. The smallest absolute Gasteiger partial charge is 0.0670 e. The third-order valence-corrected chi connectivity index (χ3v) is 4.77. The van der Waals surface area contributed by atoms with Crippen LogP contribution in [0.1, 0.15) is 46.0 Å². The van der Waals surface area contributed by atoms with Crippen LogP contribution in [0.15, 0.2) is 24.4 Å². The summed E-state index contributed by atoms with van der Waals surface area (Å²) >= 11 is 0. The molecule has 2 aromatic rings. The van der Waals surface area contributed by atoms with Gasteiger partial charge in [0.25, 0.3) is 0 Å². The van der Waals surface area contributed by atoms with Crippen LogP contribution in [-0.2, 0) is 0 Å². The Morgan fingerprint density at radius 2 is 2.10 bits per heavy atom. The predicted molar refractivity (Wildman–Crippen MR) is 84.9 cm³/mol. The van der Waals surface area contributed by atoms with Gasteiger partial charge in [-0.2, -0.15) is 5.10 Å². The van der Waals surface area contributed by atoms with Crippen molar-refractivity contribution in [3.05, 3.63) is 24.4 Å². The summed E-state index contributed by atoms with van der Waals surface area (Å²) in [5, 5.41) is 12.0. The molecule has 1 fully saturated rings. The summed E-state index contributed by atoms with van der Waals surface area (Å²) in [4.78, 5) is 0. The minimum Gasteiger partial charge on any atom is -0.382 e. The first-order valence-electron chi connectivity index (χ1n) is 7.92. The Balaban J connectivity index is 1.65. The molecule has 3 rings (SSSR count). The largest absolute Gasteiger partial charge is 0.382 e. The summed E-state index contributed by atoms with van der Waals surface area (Å²) in [5.41, 5.74) is 2.33. The minimum atomic E-state index is 0.624. The van der Waals surface area contributed by atoms with Gasteiger partial charge in [-0.15, -0.1) is 0 Å². The molecule has 2 N–H and O–H groups in total. The maximum absolute atomic E-state index is 4.08. The van der Waals surface area contributed by atoms with Crippen LogP contribution < -0.4 is 5.32 Å². The number of H-pyrrole nitrogens is 1. The Kier molecular flexibility index (Phi) is 3.95. The Hall–Kier alpha value is -1.51. The van der Waals surface area contributed by atoms with Crippen LogP contribution in [-0.4, -0.2) is 16.2 Å². The summed E-state index contributed by atoms with van der Waals surface area (Å²) in [6.45, 7) is 4.73. The van der Waals surface area contributed by atoms with Gasteiger partial charge in [-0.05, 0) is 49.3 Å². The van der Waals surface area contributed by atoms with Crippen LogP contribution in [0, 0.1) is 11.8 Å². The quantitative estimate of drug-likeness (QED) is 0.802. The molecule has 0 spiro atoms. The molecule has 1 saturated carbocycles. The van der Waals surface area contributed by atoms with E-state index in [1.54, 1.807) is 0 Å². The van der Waals surface area contributed by atoms with E-state index in [1.807, 2.05) is 6.20 Å². The highest BCUT2D eigenvalue weighted by Crippen LogP contribution is 2.30. The van der Waals surface area contributed by atoms with E-state index in [2.05, 4.69) is 47.6 Å². The number of aromatic nitrogens is 2. The molecule has 1 heterocycles. The molecule has 3 heteroatoms. The van der Waals surface area contributed by atoms with Gasteiger partial charge in [0.2, 0.25) is 0 Å². The van der Waals surface area contributed by atoms with Gasteiger partial charge < -0.3 is 5.32 Å². The molecule has 1 aliphatic rings. The predicted octanol–water partition coefficient (Wildman–Crippen LogP) is 4.58. The Morgan fingerprint density at radius 3 is 2.95 bits per heavy atom. The topological polar surface area (TPSA) is 40.7 Å². The number of anilines is 1. The number of nitrogens with zero attached hydrogens (tertiary/aromatic N) is 1. The van der Waals surface area contributed by atoms with E-state index in [0.717, 1.165) is 17.4 Å². The van der Waals surface area contributed by atoms with E-state index < -0.39 is 0 Å². The van der Waals surface area contributed by atoms with Gasteiger partial charge in [-0.3, -0.25) is 5.10 Å². The van der Waals surface area contributed by atoms with Crippen LogP contribution in [0.4, 0.5) is 5.69 Å². The molecule has 2 unspecified atom stereocenters. The first-order chi connectivity index (χ1) is 9.72. The van der Waals surface area contributed by atoms with Gasteiger partial charge in [0.05, 0.1) is 11.7 Å². The van der Waals surface area contributed by atoms with E-state index >= 15 is 0 Å². The zero-order chi connectivity index (χ0) is 13.9. The molecule has 0 aliphatic heterocycles. The molecule has 2 atom stereocenters. The summed E-state index contributed by atoms with van der Waals surface area (Å²) in [7, 11) is 0. The van der Waals surface area contributed by atoms with Gasteiger partial charge >= 0.3 is 0 Å². The third kappa shape index (κ3) is 2.97. The van der Waals surface area contributed by atoms with Crippen LogP contribution >= 0.6 is 0 Å². The number of hydrogen-bond acceptors (Lipinski definition) is 2. The number of fused-ring (bicyclic) bond motifs is 1. The van der Waals surface area contributed by atoms with Crippen molar-refractivity contribution < 1.29 is 0 Å². The molecule has 108 valence electrons. The van der Waals surface area contributed by atoms with Crippen LogP contribution in [0.3, 0.4) is 0 Å². The monoisotopic (exact) mass is 271 g/mol. The van der Waals surface area contributed by atoms with Crippen LogP contribution in [0.2, 0.25) is 0 Å². The molecule has 1 aromatic carbocycles. The first-order valence-corrected chi connectivity index (χ1v) is 7.92. The van der Waals surface area contributed by atoms with Gasteiger partial charge in [0.15, 0.2) is 0 Å². The van der Waals surface area contributed by atoms with Crippen molar-refractivity contribution in [1.82, 2.24) is 10.2 Å². The average molecular weight is 271 g/mol. The van der Waals surface area contributed by atoms with Crippen molar-refractivity contribution in [3.63, 3.8) is 0 Å². The zero-order valence-electron chi connectivity index (χ0n) is 12.5. The van der Waals surface area contributed by atoms with Crippen LogP contribution in [0.5, 0.6) is 0 Å².